The van der Waals surface area contributed by atoms with Crippen LogP contribution in [0.1, 0.15) is 46.5 Å². The van der Waals surface area contributed by atoms with Crippen molar-refractivity contribution in [3.05, 3.63) is 23.8 Å². The van der Waals surface area contributed by atoms with Crippen molar-refractivity contribution >= 4 is 17.3 Å². The van der Waals surface area contributed by atoms with Gasteiger partial charge in [-0.2, -0.15) is 0 Å². The summed E-state index contributed by atoms with van der Waals surface area (Å²) >= 11 is 0. The van der Waals surface area contributed by atoms with E-state index in [4.69, 9.17) is 0 Å². The fraction of sp³-hybridized carbons (Fsp3) is 0.667. The lowest BCUT2D eigenvalue weighted by Gasteiger charge is -2.58. The van der Waals surface area contributed by atoms with Gasteiger partial charge in [0.25, 0.3) is 0 Å². The number of carbonyl (C=O) groups excluding carboxylic acids is 3. The predicted molar refractivity (Wildman–Crippen MR) is 94.0 cm³/mol. The predicted octanol–water partition coefficient (Wildman–Crippen LogP) is 1.76. The highest BCUT2D eigenvalue weighted by atomic mass is 16.3. The van der Waals surface area contributed by atoms with Gasteiger partial charge in [0, 0.05) is 16.4 Å². The Kier molecular flexibility index (Phi) is 3.58. The van der Waals surface area contributed by atoms with Crippen LogP contribution in [0.3, 0.4) is 0 Å². The molecule has 0 aromatic carbocycles. The Hall–Kier alpha value is -1.59. The van der Waals surface area contributed by atoms with Crippen molar-refractivity contribution in [2.45, 2.75) is 58.2 Å². The number of hydrogen-bond acceptors (Lipinski definition) is 5. The van der Waals surface area contributed by atoms with E-state index in [0.29, 0.717) is 31.3 Å². The Bertz CT molecular complexity index is 779. The maximum Gasteiger partial charge on any atom is 0.188 e. The molecule has 0 spiro atoms. The van der Waals surface area contributed by atoms with Crippen LogP contribution in [0.15, 0.2) is 23.8 Å². The van der Waals surface area contributed by atoms with Crippen LogP contribution in [0, 0.1) is 28.6 Å². The van der Waals surface area contributed by atoms with E-state index >= 15 is 0 Å². The van der Waals surface area contributed by atoms with Crippen LogP contribution in [-0.2, 0) is 14.4 Å². The second kappa shape index (κ2) is 5.23. The Morgan fingerprint density at radius 3 is 2.46 bits per heavy atom. The molecule has 3 saturated carbocycles. The minimum absolute atomic E-state index is 0.0122. The van der Waals surface area contributed by atoms with Crippen molar-refractivity contribution in [1.29, 1.82) is 0 Å². The Morgan fingerprint density at radius 2 is 1.81 bits per heavy atom. The van der Waals surface area contributed by atoms with Crippen LogP contribution in [0.25, 0.3) is 0 Å². The number of carbonyl (C=O) groups is 3. The number of allylic oxidation sites excluding steroid dienone is 3. The van der Waals surface area contributed by atoms with Gasteiger partial charge in [0.05, 0.1) is 0 Å². The average molecular weight is 358 g/mol. The van der Waals surface area contributed by atoms with Gasteiger partial charge in [0.2, 0.25) is 0 Å². The summed E-state index contributed by atoms with van der Waals surface area (Å²) in [6.45, 7) is 5.34. The molecule has 0 aliphatic heterocycles. The molecule has 4 aliphatic rings. The first-order chi connectivity index (χ1) is 12.1. The van der Waals surface area contributed by atoms with Crippen LogP contribution in [0.5, 0.6) is 0 Å². The van der Waals surface area contributed by atoms with Gasteiger partial charge >= 0.3 is 0 Å². The molecule has 3 fully saturated rings. The van der Waals surface area contributed by atoms with Crippen molar-refractivity contribution in [2.24, 2.45) is 28.6 Å². The van der Waals surface area contributed by atoms with Crippen molar-refractivity contribution in [3.63, 3.8) is 0 Å². The molecule has 0 radical (unpaired) electrons. The molecule has 140 valence electrons. The summed E-state index contributed by atoms with van der Waals surface area (Å²) in [5.74, 6) is -1.23. The van der Waals surface area contributed by atoms with E-state index in [1.165, 1.54) is 19.1 Å². The third-order valence-corrected chi connectivity index (χ3v) is 8.20. The third kappa shape index (κ3) is 1.91. The molecule has 0 unspecified atom stereocenters. The second-order valence-electron chi connectivity index (χ2n) is 9.09. The Morgan fingerprint density at radius 1 is 1.15 bits per heavy atom. The molecule has 4 aliphatic carbocycles. The fourth-order valence-corrected chi connectivity index (χ4v) is 6.62. The van der Waals surface area contributed by atoms with Crippen molar-refractivity contribution in [2.75, 3.05) is 0 Å². The monoisotopic (exact) mass is 358 g/mol. The molecule has 4 rings (SSSR count). The topological polar surface area (TPSA) is 91.7 Å². The van der Waals surface area contributed by atoms with Crippen LogP contribution >= 0.6 is 0 Å². The van der Waals surface area contributed by atoms with Crippen LogP contribution in [0.2, 0.25) is 0 Å². The number of hydrogen-bond donors (Lipinski definition) is 2. The molecule has 2 N–H and O–H groups in total. The van der Waals surface area contributed by atoms with E-state index in [-0.39, 0.29) is 35.1 Å². The first-order valence-corrected chi connectivity index (χ1v) is 9.47. The molecular weight excluding hydrogens is 332 g/mol. The minimum Gasteiger partial charge on any atom is -0.385 e. The Labute approximate surface area is 153 Å². The lowest BCUT2D eigenvalue weighted by Crippen LogP contribution is -2.61. The highest BCUT2D eigenvalue weighted by molar-refractivity contribution is 6.11. The van der Waals surface area contributed by atoms with E-state index in [1.807, 2.05) is 19.9 Å². The van der Waals surface area contributed by atoms with E-state index in [9.17, 15) is 24.6 Å². The molecular formula is C21H26O5. The summed E-state index contributed by atoms with van der Waals surface area (Å²) in [5, 5.41) is 22.0. The maximum absolute atomic E-state index is 12.9. The highest BCUT2D eigenvalue weighted by Gasteiger charge is 2.68. The number of Topliss-reactive ketones (excluding diaryl/α,β-unsaturated/α-hetero) is 2. The molecule has 7 atom stereocenters. The zero-order valence-corrected chi connectivity index (χ0v) is 15.5. The van der Waals surface area contributed by atoms with Gasteiger partial charge in [-0.3, -0.25) is 14.4 Å². The van der Waals surface area contributed by atoms with Gasteiger partial charge in [-0.15, -0.1) is 0 Å². The van der Waals surface area contributed by atoms with Gasteiger partial charge in [-0.05, 0) is 62.5 Å². The summed E-state index contributed by atoms with van der Waals surface area (Å²) < 4.78 is 0. The average Bonchev–Trinajstić information content (AvgIpc) is 2.87. The van der Waals surface area contributed by atoms with Crippen LogP contribution < -0.4 is 0 Å². The summed E-state index contributed by atoms with van der Waals surface area (Å²) in [6.07, 6.45) is 5.89. The van der Waals surface area contributed by atoms with Crippen molar-refractivity contribution in [1.82, 2.24) is 0 Å². The lowest BCUT2D eigenvalue weighted by atomic mass is 9.46. The summed E-state index contributed by atoms with van der Waals surface area (Å²) in [7, 11) is 0. The quantitative estimate of drug-likeness (QED) is 0.745. The zero-order valence-electron chi connectivity index (χ0n) is 15.5. The smallest absolute Gasteiger partial charge is 0.188 e. The molecule has 0 aromatic rings. The minimum atomic E-state index is -1.39. The first-order valence-electron chi connectivity index (χ1n) is 9.47. The van der Waals surface area contributed by atoms with E-state index in [2.05, 4.69) is 0 Å². The standard InChI is InChI=1S/C21H26O5/c1-11(22)21(26)9-6-14-16-13(5-8-20(14,21)3)19(2)7-4-12(23)10-15(19)17(24)18(16)25/h4,7,10,13-14,16,18,25-26H,5-6,8-9H2,1-3H3/t13-,14-,16+,18-,19+,20-,21-/m0/s1. The van der Waals surface area contributed by atoms with Crippen molar-refractivity contribution in [3.8, 4) is 0 Å². The number of aliphatic hydroxyl groups excluding tert-OH is 1. The van der Waals surface area contributed by atoms with E-state index < -0.39 is 22.5 Å². The van der Waals surface area contributed by atoms with Gasteiger partial charge in [0.15, 0.2) is 17.3 Å². The number of fused-ring (bicyclic) bond motifs is 5. The molecule has 0 bridgehead atoms. The molecule has 0 heterocycles. The molecule has 0 saturated heterocycles. The van der Waals surface area contributed by atoms with Gasteiger partial charge in [-0.25, -0.2) is 0 Å². The van der Waals surface area contributed by atoms with Gasteiger partial charge < -0.3 is 10.2 Å². The maximum atomic E-state index is 12.9. The third-order valence-electron chi connectivity index (χ3n) is 8.20. The zero-order chi connectivity index (χ0) is 19.1. The number of ketones is 3. The molecule has 0 amide bonds. The Balaban J connectivity index is 1.81. The largest absolute Gasteiger partial charge is 0.385 e. The number of aliphatic hydroxyl groups is 2. The van der Waals surface area contributed by atoms with E-state index in [1.54, 1.807) is 0 Å². The summed E-state index contributed by atoms with van der Waals surface area (Å²) in [6, 6.07) is 0. The second-order valence-corrected chi connectivity index (χ2v) is 9.09. The normalized spacial score (nSPS) is 50.0. The summed E-state index contributed by atoms with van der Waals surface area (Å²) in [5.41, 5.74) is -2.19. The van der Waals surface area contributed by atoms with E-state index in [0.717, 1.165) is 0 Å². The molecule has 5 heteroatoms. The highest BCUT2D eigenvalue weighted by Crippen LogP contribution is 2.66. The molecule has 0 aromatic heterocycles. The molecule has 26 heavy (non-hydrogen) atoms. The van der Waals surface area contributed by atoms with Crippen LogP contribution in [-0.4, -0.2) is 39.3 Å². The first kappa shape index (κ1) is 17.8. The SMILES string of the molecule is CC(=O)[C@@]1(O)CC[C@H]2[C@@H]3[C@H](O)C(=O)C4=CC(=O)C=C[C@]4(C)[C@H]3CC[C@@]21C. The summed E-state index contributed by atoms with van der Waals surface area (Å²) in [4.78, 5) is 36.9. The van der Waals surface area contributed by atoms with Gasteiger partial charge in [0.1, 0.15) is 11.7 Å². The number of rotatable bonds is 1. The van der Waals surface area contributed by atoms with Crippen LogP contribution in [0.4, 0.5) is 0 Å². The lowest BCUT2D eigenvalue weighted by molar-refractivity contribution is -0.169. The fourth-order valence-electron chi connectivity index (χ4n) is 6.62. The molecule has 5 nitrogen and oxygen atoms in total. The van der Waals surface area contributed by atoms with Gasteiger partial charge in [-0.1, -0.05) is 19.9 Å². The van der Waals surface area contributed by atoms with Crippen molar-refractivity contribution < 1.29 is 24.6 Å².